The molecule has 1 unspecified atom stereocenters. The second kappa shape index (κ2) is 8.03. The molecule has 0 aliphatic carbocycles. The third-order valence-electron chi connectivity index (χ3n) is 3.51. The molecule has 21 heavy (non-hydrogen) atoms. The Morgan fingerprint density at radius 1 is 1.19 bits per heavy atom. The first-order chi connectivity index (χ1) is 9.82. The van der Waals surface area contributed by atoms with E-state index >= 15 is 0 Å². The number of amides is 2. The standard InChI is InChI=1S/C17H28N2O2/c1-13(9-10-20)11-18-16(21)19-12-14-5-7-15(8-6-14)17(2,3)4/h5-8,13,20H,9-12H2,1-4H3,(H2,18,19,21). The monoisotopic (exact) mass is 292 g/mol. The van der Waals surface area contributed by atoms with E-state index in [0.29, 0.717) is 19.5 Å². The van der Waals surface area contributed by atoms with Crippen molar-refractivity contribution in [2.45, 2.75) is 46.1 Å². The molecule has 1 aromatic carbocycles. The van der Waals surface area contributed by atoms with E-state index in [1.165, 1.54) is 5.56 Å². The molecule has 1 atom stereocenters. The van der Waals surface area contributed by atoms with E-state index in [1.54, 1.807) is 0 Å². The van der Waals surface area contributed by atoms with Crippen LogP contribution in [0.3, 0.4) is 0 Å². The molecule has 0 aromatic heterocycles. The normalized spacial score (nSPS) is 12.8. The van der Waals surface area contributed by atoms with Gasteiger partial charge in [-0.25, -0.2) is 4.79 Å². The van der Waals surface area contributed by atoms with Gasteiger partial charge in [-0.2, -0.15) is 0 Å². The molecular formula is C17H28N2O2. The maximum Gasteiger partial charge on any atom is 0.315 e. The number of rotatable bonds is 6. The van der Waals surface area contributed by atoms with Gasteiger partial charge in [0, 0.05) is 19.7 Å². The zero-order chi connectivity index (χ0) is 15.9. The van der Waals surface area contributed by atoms with Crippen LogP contribution in [-0.2, 0) is 12.0 Å². The Balaban J connectivity index is 2.36. The molecule has 0 aliphatic heterocycles. The molecule has 0 aliphatic rings. The minimum absolute atomic E-state index is 0.145. The predicted molar refractivity (Wildman–Crippen MR) is 86.2 cm³/mol. The molecule has 4 heteroatoms. The number of aliphatic hydroxyl groups is 1. The van der Waals surface area contributed by atoms with Crippen molar-refractivity contribution in [1.29, 1.82) is 0 Å². The fraction of sp³-hybridized carbons (Fsp3) is 0.588. The van der Waals surface area contributed by atoms with Crippen LogP contribution in [0.4, 0.5) is 4.79 Å². The van der Waals surface area contributed by atoms with Crippen molar-refractivity contribution in [1.82, 2.24) is 10.6 Å². The Labute approximate surface area is 128 Å². The first kappa shape index (κ1) is 17.5. The van der Waals surface area contributed by atoms with Crippen LogP contribution in [-0.4, -0.2) is 24.3 Å². The van der Waals surface area contributed by atoms with Crippen molar-refractivity contribution < 1.29 is 9.90 Å². The van der Waals surface area contributed by atoms with Crippen molar-refractivity contribution in [2.75, 3.05) is 13.2 Å². The molecule has 4 nitrogen and oxygen atoms in total. The number of benzene rings is 1. The van der Waals surface area contributed by atoms with Gasteiger partial charge >= 0.3 is 6.03 Å². The smallest absolute Gasteiger partial charge is 0.315 e. The van der Waals surface area contributed by atoms with E-state index < -0.39 is 0 Å². The molecule has 0 saturated carbocycles. The van der Waals surface area contributed by atoms with E-state index in [2.05, 4.69) is 55.7 Å². The molecular weight excluding hydrogens is 264 g/mol. The van der Waals surface area contributed by atoms with Gasteiger partial charge in [0.2, 0.25) is 0 Å². The average molecular weight is 292 g/mol. The van der Waals surface area contributed by atoms with Crippen LogP contribution in [0.2, 0.25) is 0 Å². The van der Waals surface area contributed by atoms with Gasteiger partial charge < -0.3 is 15.7 Å². The Morgan fingerprint density at radius 2 is 1.81 bits per heavy atom. The first-order valence-electron chi connectivity index (χ1n) is 7.55. The van der Waals surface area contributed by atoms with Crippen LogP contribution in [0.15, 0.2) is 24.3 Å². The molecule has 0 fully saturated rings. The third kappa shape index (κ3) is 6.63. The molecule has 0 heterocycles. The highest BCUT2D eigenvalue weighted by Gasteiger charge is 2.12. The number of aliphatic hydroxyl groups excluding tert-OH is 1. The molecule has 1 aromatic rings. The summed E-state index contributed by atoms with van der Waals surface area (Å²) < 4.78 is 0. The summed E-state index contributed by atoms with van der Waals surface area (Å²) in [4.78, 5) is 11.7. The summed E-state index contributed by atoms with van der Waals surface area (Å²) in [5.41, 5.74) is 2.52. The number of nitrogens with one attached hydrogen (secondary N) is 2. The molecule has 0 radical (unpaired) electrons. The van der Waals surface area contributed by atoms with Crippen molar-refractivity contribution in [2.24, 2.45) is 5.92 Å². The minimum atomic E-state index is -0.167. The Kier molecular flexibility index (Phi) is 6.69. The van der Waals surface area contributed by atoms with Crippen molar-refractivity contribution in [3.05, 3.63) is 35.4 Å². The van der Waals surface area contributed by atoms with Gasteiger partial charge in [-0.05, 0) is 28.9 Å². The van der Waals surface area contributed by atoms with E-state index in [1.807, 2.05) is 6.92 Å². The van der Waals surface area contributed by atoms with Gasteiger partial charge in [0.15, 0.2) is 0 Å². The fourth-order valence-corrected chi connectivity index (χ4v) is 1.96. The summed E-state index contributed by atoms with van der Waals surface area (Å²) >= 11 is 0. The number of urea groups is 1. The maximum atomic E-state index is 11.7. The number of carbonyl (C=O) groups is 1. The Morgan fingerprint density at radius 3 is 2.33 bits per heavy atom. The summed E-state index contributed by atoms with van der Waals surface area (Å²) in [7, 11) is 0. The highest BCUT2D eigenvalue weighted by Crippen LogP contribution is 2.22. The van der Waals surface area contributed by atoms with Crippen molar-refractivity contribution in [3.63, 3.8) is 0 Å². The van der Waals surface area contributed by atoms with Gasteiger partial charge in [0.1, 0.15) is 0 Å². The lowest BCUT2D eigenvalue weighted by Gasteiger charge is -2.19. The second-order valence-corrected chi connectivity index (χ2v) is 6.63. The minimum Gasteiger partial charge on any atom is -0.396 e. The molecule has 0 saturated heterocycles. The van der Waals surface area contributed by atoms with E-state index in [0.717, 1.165) is 5.56 Å². The molecule has 118 valence electrons. The maximum absolute atomic E-state index is 11.7. The lowest BCUT2D eigenvalue weighted by atomic mass is 9.87. The first-order valence-corrected chi connectivity index (χ1v) is 7.55. The van der Waals surface area contributed by atoms with Gasteiger partial charge in [0.05, 0.1) is 0 Å². The van der Waals surface area contributed by atoms with Crippen molar-refractivity contribution in [3.8, 4) is 0 Å². The summed E-state index contributed by atoms with van der Waals surface area (Å²) in [5.74, 6) is 0.284. The predicted octanol–water partition coefficient (Wildman–Crippen LogP) is 2.80. The molecule has 1 rings (SSSR count). The summed E-state index contributed by atoms with van der Waals surface area (Å²) in [6, 6.07) is 8.15. The molecule has 2 amide bonds. The Hall–Kier alpha value is -1.55. The lowest BCUT2D eigenvalue weighted by Crippen LogP contribution is -2.37. The summed E-state index contributed by atoms with van der Waals surface area (Å²) in [6.45, 7) is 9.80. The zero-order valence-corrected chi connectivity index (χ0v) is 13.6. The van der Waals surface area contributed by atoms with Crippen LogP contribution in [0, 0.1) is 5.92 Å². The SMILES string of the molecule is CC(CCO)CNC(=O)NCc1ccc(C(C)(C)C)cc1. The third-order valence-corrected chi connectivity index (χ3v) is 3.51. The number of hydrogen-bond acceptors (Lipinski definition) is 2. The Bertz CT molecular complexity index is 435. The van der Waals surface area contributed by atoms with Gasteiger partial charge in [-0.3, -0.25) is 0 Å². The fourth-order valence-electron chi connectivity index (χ4n) is 1.96. The van der Waals surface area contributed by atoms with Gasteiger partial charge in [0.25, 0.3) is 0 Å². The van der Waals surface area contributed by atoms with Gasteiger partial charge in [-0.1, -0.05) is 52.0 Å². The summed E-state index contributed by atoms with van der Waals surface area (Å²) in [5, 5.41) is 14.5. The number of hydrogen-bond donors (Lipinski definition) is 3. The highest BCUT2D eigenvalue weighted by molar-refractivity contribution is 5.73. The van der Waals surface area contributed by atoms with Crippen LogP contribution in [0.25, 0.3) is 0 Å². The van der Waals surface area contributed by atoms with Crippen LogP contribution < -0.4 is 10.6 Å². The average Bonchev–Trinajstić information content (AvgIpc) is 2.43. The van der Waals surface area contributed by atoms with Crippen molar-refractivity contribution >= 4 is 6.03 Å². The topological polar surface area (TPSA) is 61.4 Å². The molecule has 0 bridgehead atoms. The molecule has 0 spiro atoms. The summed E-state index contributed by atoms with van der Waals surface area (Å²) in [6.07, 6.45) is 0.703. The van der Waals surface area contributed by atoms with Gasteiger partial charge in [-0.15, -0.1) is 0 Å². The highest BCUT2D eigenvalue weighted by atomic mass is 16.3. The zero-order valence-electron chi connectivity index (χ0n) is 13.6. The van der Waals surface area contributed by atoms with E-state index in [-0.39, 0.29) is 24.0 Å². The van der Waals surface area contributed by atoms with E-state index in [9.17, 15) is 4.79 Å². The quantitative estimate of drug-likeness (QED) is 0.755. The van der Waals surface area contributed by atoms with Crippen LogP contribution >= 0.6 is 0 Å². The number of carbonyl (C=O) groups excluding carboxylic acids is 1. The van der Waals surface area contributed by atoms with Crippen LogP contribution in [0.5, 0.6) is 0 Å². The lowest BCUT2D eigenvalue weighted by molar-refractivity contribution is 0.233. The second-order valence-electron chi connectivity index (χ2n) is 6.63. The van der Waals surface area contributed by atoms with E-state index in [4.69, 9.17) is 5.11 Å². The molecule has 3 N–H and O–H groups in total. The largest absolute Gasteiger partial charge is 0.396 e. The van der Waals surface area contributed by atoms with Crippen LogP contribution in [0.1, 0.15) is 45.2 Å².